The zero-order chi connectivity index (χ0) is 14.3. The Morgan fingerprint density at radius 2 is 2.11 bits per heavy atom. The summed E-state index contributed by atoms with van der Waals surface area (Å²) in [6.45, 7) is -0.0962. The summed E-state index contributed by atoms with van der Waals surface area (Å²) in [5.41, 5.74) is -0.644. The minimum atomic E-state index is -4.56. The van der Waals surface area contributed by atoms with E-state index in [4.69, 9.17) is 9.29 Å². The van der Waals surface area contributed by atoms with E-state index < -0.39 is 33.7 Å². The summed E-state index contributed by atoms with van der Waals surface area (Å²) < 4.78 is 72.9. The second-order valence-electron chi connectivity index (χ2n) is 4.19. The molecule has 1 aromatic heterocycles. The van der Waals surface area contributed by atoms with Gasteiger partial charge in [-0.05, 0) is 11.6 Å². The summed E-state index contributed by atoms with van der Waals surface area (Å²) in [7, 11) is -4.23. The van der Waals surface area contributed by atoms with E-state index in [1.807, 2.05) is 0 Å². The highest BCUT2D eigenvalue weighted by Crippen LogP contribution is 2.32. The van der Waals surface area contributed by atoms with E-state index in [1.165, 1.54) is 6.07 Å². The first kappa shape index (κ1) is 14.2. The number of hydrogen-bond acceptors (Lipinski definition) is 4. The van der Waals surface area contributed by atoms with E-state index in [2.05, 4.69) is 4.98 Å². The van der Waals surface area contributed by atoms with Crippen molar-refractivity contribution in [2.45, 2.75) is 18.7 Å². The van der Waals surface area contributed by atoms with Crippen molar-refractivity contribution < 1.29 is 30.9 Å². The Labute approximate surface area is 107 Å². The molecular formula is C10H10F3NO4S. The number of rotatable bonds is 2. The number of nitrogens with zero attached hydrogens (tertiary/aromatic N) is 1. The molecule has 0 fully saturated rings. The van der Waals surface area contributed by atoms with Gasteiger partial charge in [0.25, 0.3) is 10.1 Å². The maximum Gasteiger partial charge on any atom is 0.433 e. The molecule has 2 rings (SSSR count). The molecule has 0 amide bonds. The van der Waals surface area contributed by atoms with Gasteiger partial charge in [-0.1, -0.05) is 6.07 Å². The fourth-order valence-electron chi connectivity index (χ4n) is 1.94. The van der Waals surface area contributed by atoms with Crippen LogP contribution in [-0.4, -0.2) is 30.3 Å². The third kappa shape index (κ3) is 3.43. The molecule has 0 bridgehead atoms. The normalized spacial score (nSPS) is 20.1. The monoisotopic (exact) mass is 297 g/mol. The van der Waals surface area contributed by atoms with Crippen LogP contribution in [0.25, 0.3) is 0 Å². The van der Waals surface area contributed by atoms with Gasteiger partial charge in [-0.25, -0.2) is 4.98 Å². The lowest BCUT2D eigenvalue weighted by atomic mass is 9.98. The average molecular weight is 297 g/mol. The number of hydrogen-bond donors (Lipinski definition) is 1. The maximum atomic E-state index is 12.5. The molecular weight excluding hydrogens is 287 g/mol. The quantitative estimate of drug-likeness (QED) is 0.839. The predicted molar refractivity (Wildman–Crippen MR) is 58.1 cm³/mol. The van der Waals surface area contributed by atoms with E-state index in [0.29, 0.717) is 5.56 Å². The summed E-state index contributed by atoms with van der Waals surface area (Å²) in [5, 5.41) is 0. The van der Waals surface area contributed by atoms with Crippen LogP contribution < -0.4 is 0 Å². The zero-order valence-electron chi connectivity index (χ0n) is 9.51. The molecule has 2 heterocycles. The van der Waals surface area contributed by atoms with Gasteiger partial charge in [-0.2, -0.15) is 21.6 Å². The van der Waals surface area contributed by atoms with Crippen molar-refractivity contribution in [3.63, 3.8) is 0 Å². The van der Waals surface area contributed by atoms with E-state index in [-0.39, 0.29) is 18.9 Å². The first-order valence-corrected chi connectivity index (χ1v) is 6.87. The van der Waals surface area contributed by atoms with Gasteiger partial charge in [-0.3, -0.25) is 4.55 Å². The Bertz CT molecular complexity index is 585. The molecule has 1 aliphatic rings. The number of aromatic nitrogens is 1. The van der Waals surface area contributed by atoms with E-state index >= 15 is 0 Å². The highest BCUT2D eigenvalue weighted by Gasteiger charge is 2.34. The molecule has 1 atom stereocenters. The molecule has 0 saturated heterocycles. The van der Waals surface area contributed by atoms with Crippen LogP contribution in [0.4, 0.5) is 13.2 Å². The van der Waals surface area contributed by atoms with Crippen molar-refractivity contribution >= 4 is 10.1 Å². The van der Waals surface area contributed by atoms with E-state index in [9.17, 15) is 21.6 Å². The van der Waals surface area contributed by atoms with Crippen LogP contribution in [0.2, 0.25) is 0 Å². The van der Waals surface area contributed by atoms with Gasteiger partial charge in [0.05, 0.1) is 24.7 Å². The Hall–Kier alpha value is -1.19. The third-order valence-electron chi connectivity index (χ3n) is 2.71. The average Bonchev–Trinajstić information content (AvgIpc) is 2.25. The number of alkyl halides is 3. The minimum absolute atomic E-state index is 0.0137. The molecule has 106 valence electrons. The van der Waals surface area contributed by atoms with Gasteiger partial charge in [0, 0.05) is 5.92 Å². The lowest BCUT2D eigenvalue weighted by Gasteiger charge is -2.24. The molecule has 0 saturated carbocycles. The van der Waals surface area contributed by atoms with Crippen LogP contribution in [0.1, 0.15) is 22.9 Å². The van der Waals surface area contributed by atoms with Crippen LogP contribution >= 0.6 is 0 Å². The molecule has 5 nitrogen and oxygen atoms in total. The van der Waals surface area contributed by atoms with Crippen LogP contribution in [0.5, 0.6) is 0 Å². The Morgan fingerprint density at radius 3 is 2.68 bits per heavy atom. The first-order valence-electron chi connectivity index (χ1n) is 5.27. The fraction of sp³-hybridized carbons (Fsp3) is 0.500. The van der Waals surface area contributed by atoms with Crippen molar-refractivity contribution in [1.29, 1.82) is 0 Å². The second kappa shape index (κ2) is 4.73. The molecule has 0 spiro atoms. The van der Waals surface area contributed by atoms with Gasteiger partial charge in [-0.15, -0.1) is 0 Å². The molecule has 19 heavy (non-hydrogen) atoms. The summed E-state index contributed by atoms with van der Waals surface area (Å²) in [6.07, 6.45) is -4.56. The maximum absolute atomic E-state index is 12.5. The van der Waals surface area contributed by atoms with Crippen molar-refractivity contribution in [3.8, 4) is 0 Å². The molecule has 1 aliphatic heterocycles. The van der Waals surface area contributed by atoms with Gasteiger partial charge in [0.2, 0.25) is 0 Å². The fourth-order valence-corrected chi connectivity index (χ4v) is 2.72. The van der Waals surface area contributed by atoms with Crippen molar-refractivity contribution in [2.75, 3.05) is 12.4 Å². The molecule has 1 unspecified atom stereocenters. The molecule has 0 radical (unpaired) electrons. The number of ether oxygens (including phenoxy) is 1. The number of fused-ring (bicyclic) bond motifs is 1. The summed E-state index contributed by atoms with van der Waals surface area (Å²) in [4.78, 5) is 3.44. The third-order valence-corrected chi connectivity index (χ3v) is 3.53. The van der Waals surface area contributed by atoms with Crippen LogP contribution in [0, 0.1) is 0 Å². The first-order chi connectivity index (χ1) is 8.67. The van der Waals surface area contributed by atoms with Crippen LogP contribution in [-0.2, 0) is 27.6 Å². The van der Waals surface area contributed by atoms with Crippen LogP contribution in [0.3, 0.4) is 0 Å². The van der Waals surface area contributed by atoms with Crippen molar-refractivity contribution in [3.05, 3.63) is 29.1 Å². The Morgan fingerprint density at radius 1 is 1.42 bits per heavy atom. The lowest BCUT2D eigenvalue weighted by Crippen LogP contribution is -2.25. The lowest BCUT2D eigenvalue weighted by molar-refractivity contribution is -0.141. The second-order valence-corrected chi connectivity index (χ2v) is 5.69. The summed E-state index contributed by atoms with van der Waals surface area (Å²) >= 11 is 0. The van der Waals surface area contributed by atoms with Crippen molar-refractivity contribution in [1.82, 2.24) is 4.98 Å². The Balaban J connectivity index is 2.36. The number of halogens is 3. The van der Waals surface area contributed by atoms with Gasteiger partial charge in [0.1, 0.15) is 5.69 Å². The summed E-state index contributed by atoms with van der Waals surface area (Å²) in [6, 6.07) is 1.98. The summed E-state index contributed by atoms with van der Waals surface area (Å²) in [5.74, 6) is -1.32. The molecule has 0 aromatic carbocycles. The highest BCUT2D eigenvalue weighted by atomic mass is 32.2. The van der Waals surface area contributed by atoms with Gasteiger partial charge in [0.15, 0.2) is 0 Å². The van der Waals surface area contributed by atoms with E-state index in [0.717, 1.165) is 6.07 Å². The zero-order valence-corrected chi connectivity index (χ0v) is 10.3. The largest absolute Gasteiger partial charge is 0.433 e. The standard InChI is InChI=1S/C10H10F3NO4S/c11-10(12,13)9-2-1-7-6(5-19(15,16)17)3-18-4-8(7)14-9/h1-2,6H,3-5H2,(H,15,16,17). The number of pyridine rings is 1. The molecule has 9 heteroatoms. The van der Waals surface area contributed by atoms with Gasteiger partial charge >= 0.3 is 6.18 Å². The molecule has 0 aliphatic carbocycles. The minimum Gasteiger partial charge on any atom is -0.374 e. The highest BCUT2D eigenvalue weighted by molar-refractivity contribution is 7.85. The molecule has 1 N–H and O–H groups in total. The van der Waals surface area contributed by atoms with Crippen LogP contribution in [0.15, 0.2) is 12.1 Å². The predicted octanol–water partition coefficient (Wildman–Crippen LogP) is 1.60. The van der Waals surface area contributed by atoms with Crippen molar-refractivity contribution in [2.24, 2.45) is 0 Å². The SMILES string of the molecule is O=S(=O)(O)CC1COCc2nc(C(F)(F)F)ccc21. The smallest absolute Gasteiger partial charge is 0.374 e. The van der Waals surface area contributed by atoms with Gasteiger partial charge < -0.3 is 4.74 Å². The van der Waals surface area contributed by atoms with E-state index in [1.54, 1.807) is 0 Å². The molecule has 1 aromatic rings. The Kier molecular flexibility index (Phi) is 3.54. The topological polar surface area (TPSA) is 76.5 Å².